The number of benzene rings is 1. The van der Waals surface area contributed by atoms with Crippen molar-refractivity contribution in [1.29, 1.82) is 0 Å². The van der Waals surface area contributed by atoms with Crippen molar-refractivity contribution < 1.29 is 4.39 Å². The molecule has 0 bridgehead atoms. The molecule has 0 amide bonds. The van der Waals surface area contributed by atoms with E-state index in [-0.39, 0.29) is 5.82 Å². The van der Waals surface area contributed by atoms with Gasteiger partial charge in [-0.15, -0.1) is 0 Å². The van der Waals surface area contributed by atoms with E-state index in [2.05, 4.69) is 12.2 Å². The molecule has 0 saturated carbocycles. The maximum absolute atomic E-state index is 13.2. The van der Waals surface area contributed by atoms with E-state index in [1.807, 2.05) is 19.2 Å². The van der Waals surface area contributed by atoms with Gasteiger partial charge in [-0.05, 0) is 50.0 Å². The molecular formula is C17H28FN. The van der Waals surface area contributed by atoms with Gasteiger partial charge in [0.25, 0.3) is 0 Å². The number of hydrogen-bond donors (Lipinski definition) is 1. The molecule has 1 N–H and O–H groups in total. The minimum atomic E-state index is -0.122. The van der Waals surface area contributed by atoms with E-state index in [0.717, 1.165) is 18.5 Å². The van der Waals surface area contributed by atoms with Crippen molar-refractivity contribution in [2.75, 3.05) is 13.6 Å². The molecular weight excluding hydrogens is 237 g/mol. The topological polar surface area (TPSA) is 12.0 Å². The standard InChI is InChI=1S/C17H28FN/c1-3-4-5-6-7-9-16(14-19-2)12-15-10-8-11-17(18)13-15/h8,10-11,13,16,19H,3-7,9,12,14H2,1-2H3. The monoisotopic (exact) mass is 265 g/mol. The summed E-state index contributed by atoms with van der Waals surface area (Å²) in [6.45, 7) is 3.26. The summed E-state index contributed by atoms with van der Waals surface area (Å²) in [4.78, 5) is 0. The molecule has 1 aromatic carbocycles. The molecule has 108 valence electrons. The van der Waals surface area contributed by atoms with Crippen LogP contribution in [-0.2, 0) is 6.42 Å². The predicted molar refractivity (Wildman–Crippen MR) is 80.9 cm³/mol. The zero-order chi connectivity index (χ0) is 13.9. The fraction of sp³-hybridized carbons (Fsp3) is 0.647. The fourth-order valence-corrected chi connectivity index (χ4v) is 2.60. The molecule has 0 saturated heterocycles. The zero-order valence-corrected chi connectivity index (χ0v) is 12.4. The first-order valence-corrected chi connectivity index (χ1v) is 7.65. The average Bonchev–Trinajstić information content (AvgIpc) is 2.38. The molecule has 0 aromatic heterocycles. The highest BCUT2D eigenvalue weighted by Crippen LogP contribution is 2.17. The van der Waals surface area contributed by atoms with Gasteiger partial charge in [0.1, 0.15) is 5.82 Å². The molecule has 0 aliphatic heterocycles. The van der Waals surface area contributed by atoms with Gasteiger partial charge in [-0.3, -0.25) is 0 Å². The normalized spacial score (nSPS) is 12.6. The first-order valence-electron chi connectivity index (χ1n) is 7.65. The second-order valence-electron chi connectivity index (χ2n) is 5.46. The molecule has 1 nitrogen and oxygen atoms in total. The van der Waals surface area contributed by atoms with E-state index < -0.39 is 0 Å². The lowest BCUT2D eigenvalue weighted by molar-refractivity contribution is 0.432. The Labute approximate surface area is 117 Å². The van der Waals surface area contributed by atoms with Gasteiger partial charge in [0, 0.05) is 0 Å². The van der Waals surface area contributed by atoms with Crippen LogP contribution in [0.4, 0.5) is 4.39 Å². The minimum Gasteiger partial charge on any atom is -0.319 e. The van der Waals surface area contributed by atoms with Gasteiger partial charge in [-0.25, -0.2) is 4.39 Å². The maximum Gasteiger partial charge on any atom is 0.123 e. The Hall–Kier alpha value is -0.890. The van der Waals surface area contributed by atoms with E-state index >= 15 is 0 Å². The SMILES string of the molecule is CCCCCCCC(CNC)Cc1cccc(F)c1. The third-order valence-corrected chi connectivity index (χ3v) is 3.62. The van der Waals surface area contributed by atoms with Crippen molar-refractivity contribution in [1.82, 2.24) is 5.32 Å². The summed E-state index contributed by atoms with van der Waals surface area (Å²) in [5.74, 6) is 0.497. The lowest BCUT2D eigenvalue weighted by Crippen LogP contribution is -2.20. The van der Waals surface area contributed by atoms with Crippen molar-refractivity contribution >= 4 is 0 Å². The summed E-state index contributed by atoms with van der Waals surface area (Å²) in [7, 11) is 2.00. The van der Waals surface area contributed by atoms with Crippen molar-refractivity contribution in [3.8, 4) is 0 Å². The van der Waals surface area contributed by atoms with Gasteiger partial charge < -0.3 is 5.32 Å². The third-order valence-electron chi connectivity index (χ3n) is 3.62. The first-order chi connectivity index (χ1) is 9.26. The Morgan fingerprint density at radius 3 is 2.63 bits per heavy atom. The highest BCUT2D eigenvalue weighted by atomic mass is 19.1. The molecule has 0 aliphatic rings. The molecule has 1 rings (SSSR count). The molecule has 0 heterocycles. The third kappa shape index (κ3) is 7.31. The average molecular weight is 265 g/mol. The van der Waals surface area contributed by atoms with Crippen LogP contribution >= 0.6 is 0 Å². The predicted octanol–water partition coefficient (Wildman–Crippen LogP) is 4.56. The van der Waals surface area contributed by atoms with Crippen molar-refractivity contribution in [3.63, 3.8) is 0 Å². The van der Waals surface area contributed by atoms with Crippen LogP contribution in [0.3, 0.4) is 0 Å². The minimum absolute atomic E-state index is 0.122. The van der Waals surface area contributed by atoms with Crippen molar-refractivity contribution in [2.45, 2.75) is 51.9 Å². The smallest absolute Gasteiger partial charge is 0.123 e. The van der Waals surface area contributed by atoms with Crippen LogP contribution in [0, 0.1) is 11.7 Å². The van der Waals surface area contributed by atoms with Crippen LogP contribution in [0.15, 0.2) is 24.3 Å². The van der Waals surface area contributed by atoms with Crippen LogP contribution in [0.25, 0.3) is 0 Å². The summed E-state index contributed by atoms with van der Waals surface area (Å²) in [6, 6.07) is 7.02. The van der Waals surface area contributed by atoms with Crippen molar-refractivity contribution in [3.05, 3.63) is 35.6 Å². The molecule has 1 aromatic rings. The molecule has 1 unspecified atom stereocenters. The Morgan fingerprint density at radius 2 is 1.95 bits per heavy atom. The van der Waals surface area contributed by atoms with Gasteiger partial charge in [0.2, 0.25) is 0 Å². The van der Waals surface area contributed by atoms with Gasteiger partial charge >= 0.3 is 0 Å². The zero-order valence-electron chi connectivity index (χ0n) is 12.4. The Balaban J connectivity index is 2.35. The van der Waals surface area contributed by atoms with E-state index in [4.69, 9.17) is 0 Å². The molecule has 0 radical (unpaired) electrons. The van der Waals surface area contributed by atoms with Crippen molar-refractivity contribution in [2.24, 2.45) is 5.92 Å². The molecule has 0 aliphatic carbocycles. The quantitative estimate of drug-likeness (QED) is 0.611. The Morgan fingerprint density at radius 1 is 1.16 bits per heavy atom. The Bertz CT molecular complexity index is 338. The van der Waals surface area contributed by atoms with Gasteiger partial charge in [0.05, 0.1) is 0 Å². The summed E-state index contributed by atoms with van der Waals surface area (Å²) in [6.07, 6.45) is 8.83. The number of nitrogens with one attached hydrogen (secondary N) is 1. The van der Waals surface area contributed by atoms with Gasteiger partial charge in [-0.2, -0.15) is 0 Å². The first kappa shape index (κ1) is 16.2. The summed E-state index contributed by atoms with van der Waals surface area (Å²) in [5.41, 5.74) is 1.12. The van der Waals surface area contributed by atoms with Crippen LogP contribution < -0.4 is 5.32 Å². The van der Waals surface area contributed by atoms with E-state index in [1.165, 1.54) is 44.6 Å². The van der Waals surface area contributed by atoms with E-state index in [1.54, 1.807) is 6.07 Å². The number of unbranched alkanes of at least 4 members (excludes halogenated alkanes) is 4. The van der Waals surface area contributed by atoms with Crippen LogP contribution in [0.2, 0.25) is 0 Å². The molecule has 19 heavy (non-hydrogen) atoms. The maximum atomic E-state index is 13.2. The largest absolute Gasteiger partial charge is 0.319 e. The van der Waals surface area contributed by atoms with Gasteiger partial charge in [0.15, 0.2) is 0 Å². The van der Waals surface area contributed by atoms with E-state index in [0.29, 0.717) is 5.92 Å². The number of halogens is 1. The molecule has 0 fully saturated rings. The Kier molecular flexibility index (Phi) is 8.48. The highest BCUT2D eigenvalue weighted by Gasteiger charge is 2.09. The lowest BCUT2D eigenvalue weighted by Gasteiger charge is -2.16. The fourth-order valence-electron chi connectivity index (χ4n) is 2.60. The number of rotatable bonds is 10. The summed E-state index contributed by atoms with van der Waals surface area (Å²) < 4.78 is 13.2. The van der Waals surface area contributed by atoms with Gasteiger partial charge in [-0.1, -0.05) is 51.2 Å². The molecule has 1 atom stereocenters. The molecule has 2 heteroatoms. The summed E-state index contributed by atoms with van der Waals surface area (Å²) in [5, 5.41) is 3.26. The second-order valence-corrected chi connectivity index (χ2v) is 5.46. The number of hydrogen-bond acceptors (Lipinski definition) is 1. The van der Waals surface area contributed by atoms with Crippen LogP contribution in [0.5, 0.6) is 0 Å². The van der Waals surface area contributed by atoms with Crippen LogP contribution in [0.1, 0.15) is 51.0 Å². The lowest BCUT2D eigenvalue weighted by atomic mass is 9.93. The highest BCUT2D eigenvalue weighted by molar-refractivity contribution is 5.16. The van der Waals surface area contributed by atoms with E-state index in [9.17, 15) is 4.39 Å². The van der Waals surface area contributed by atoms with Crippen LogP contribution in [-0.4, -0.2) is 13.6 Å². The molecule has 0 spiro atoms. The summed E-state index contributed by atoms with van der Waals surface area (Å²) >= 11 is 0. The second kappa shape index (κ2) is 9.96.